The molecule has 0 N–H and O–H groups in total. The summed E-state index contributed by atoms with van der Waals surface area (Å²) in [5, 5.41) is 0. The van der Waals surface area contributed by atoms with Crippen LogP contribution in [0.5, 0.6) is 0 Å². The molecule has 2 aliphatic rings. The van der Waals surface area contributed by atoms with Gasteiger partial charge in [-0.2, -0.15) is 0 Å². The van der Waals surface area contributed by atoms with Crippen molar-refractivity contribution in [2.45, 2.75) is 31.7 Å². The topological polar surface area (TPSA) is 22.1 Å². The van der Waals surface area contributed by atoms with Gasteiger partial charge in [0, 0.05) is 40.3 Å². The van der Waals surface area contributed by atoms with Crippen LogP contribution in [0.2, 0.25) is 0 Å². The van der Waals surface area contributed by atoms with Crippen LogP contribution in [-0.2, 0) is 0 Å². The lowest BCUT2D eigenvalue weighted by Gasteiger charge is -2.33. The number of hydrogen-bond acceptors (Lipinski definition) is 2. The van der Waals surface area contributed by atoms with Crippen LogP contribution >= 0.6 is 0 Å². The van der Waals surface area contributed by atoms with Gasteiger partial charge in [-0.25, -0.2) is 0 Å². The van der Waals surface area contributed by atoms with E-state index in [-0.39, 0.29) is 0 Å². The monoisotopic (exact) mass is 238 g/mol. The zero-order chi connectivity index (χ0) is 12.3. The summed E-state index contributed by atoms with van der Waals surface area (Å²) in [4.78, 5) is 11.6. The van der Waals surface area contributed by atoms with Crippen LogP contribution in [0.15, 0.2) is 4.99 Å². The smallest absolute Gasteiger partial charge is 0.195 e. The Morgan fingerprint density at radius 1 is 1.12 bits per heavy atom. The van der Waals surface area contributed by atoms with Crippen molar-refractivity contribution in [3.05, 3.63) is 0 Å². The molecule has 2 fully saturated rings. The molecule has 2 rings (SSSR count). The minimum atomic E-state index is 0.756. The van der Waals surface area contributed by atoms with E-state index in [9.17, 15) is 0 Å². The standard InChI is InChI=1S/C13H26N4/c1-14-13(15(2)3)17-10-7-12(11-17)16-8-5-4-6-9-16/h12H,4-11H2,1-3H3. The molecular weight excluding hydrogens is 212 g/mol. The third kappa shape index (κ3) is 2.92. The number of aliphatic imine (C=N–C) groups is 1. The van der Waals surface area contributed by atoms with Gasteiger partial charge in [-0.05, 0) is 32.4 Å². The van der Waals surface area contributed by atoms with Gasteiger partial charge in [-0.15, -0.1) is 0 Å². The summed E-state index contributed by atoms with van der Waals surface area (Å²) in [7, 11) is 6.05. The molecule has 0 spiro atoms. The highest BCUT2D eigenvalue weighted by Gasteiger charge is 2.30. The Bertz CT molecular complexity index is 269. The number of rotatable bonds is 1. The van der Waals surface area contributed by atoms with Gasteiger partial charge in [0.25, 0.3) is 0 Å². The van der Waals surface area contributed by atoms with Crippen LogP contribution in [0.25, 0.3) is 0 Å². The van der Waals surface area contributed by atoms with Crippen molar-refractivity contribution in [1.29, 1.82) is 0 Å². The zero-order valence-electron chi connectivity index (χ0n) is 11.5. The summed E-state index contributed by atoms with van der Waals surface area (Å²) >= 11 is 0. The first-order valence-corrected chi connectivity index (χ1v) is 6.85. The van der Waals surface area contributed by atoms with Crippen LogP contribution in [0.4, 0.5) is 0 Å². The Balaban J connectivity index is 1.90. The highest BCUT2D eigenvalue weighted by Crippen LogP contribution is 2.20. The van der Waals surface area contributed by atoms with E-state index >= 15 is 0 Å². The van der Waals surface area contributed by atoms with Crippen molar-refractivity contribution in [3.63, 3.8) is 0 Å². The first-order chi connectivity index (χ1) is 8.22. The number of guanidine groups is 1. The quantitative estimate of drug-likeness (QED) is 0.504. The third-order valence-electron chi connectivity index (χ3n) is 3.95. The van der Waals surface area contributed by atoms with Gasteiger partial charge in [-0.3, -0.25) is 9.89 Å². The van der Waals surface area contributed by atoms with Crippen molar-refractivity contribution in [2.24, 2.45) is 4.99 Å². The first-order valence-electron chi connectivity index (χ1n) is 6.85. The van der Waals surface area contributed by atoms with Gasteiger partial charge < -0.3 is 9.80 Å². The minimum Gasteiger partial charge on any atom is -0.349 e. The van der Waals surface area contributed by atoms with Gasteiger partial charge in [0.05, 0.1) is 0 Å². The first kappa shape index (κ1) is 12.7. The van der Waals surface area contributed by atoms with Crippen molar-refractivity contribution < 1.29 is 0 Å². The fourth-order valence-electron chi connectivity index (χ4n) is 3.13. The molecule has 0 aliphatic carbocycles. The average molecular weight is 238 g/mol. The summed E-state index contributed by atoms with van der Waals surface area (Å²) in [6.45, 7) is 4.93. The summed E-state index contributed by atoms with van der Waals surface area (Å²) < 4.78 is 0. The van der Waals surface area contributed by atoms with E-state index in [0.717, 1.165) is 25.1 Å². The molecule has 0 bridgehead atoms. The number of piperidine rings is 1. The number of likely N-dealkylation sites (tertiary alicyclic amines) is 2. The molecule has 1 unspecified atom stereocenters. The van der Waals surface area contributed by atoms with Gasteiger partial charge >= 0.3 is 0 Å². The molecule has 4 nitrogen and oxygen atoms in total. The Kier molecular flexibility index (Phi) is 4.26. The lowest BCUT2D eigenvalue weighted by Crippen LogP contribution is -2.44. The zero-order valence-corrected chi connectivity index (χ0v) is 11.5. The van der Waals surface area contributed by atoms with Crippen LogP contribution in [-0.4, -0.2) is 74.0 Å². The maximum Gasteiger partial charge on any atom is 0.195 e. The van der Waals surface area contributed by atoms with Gasteiger partial charge in [0.2, 0.25) is 0 Å². The lowest BCUT2D eigenvalue weighted by atomic mass is 10.1. The highest BCUT2D eigenvalue weighted by atomic mass is 15.4. The van der Waals surface area contributed by atoms with E-state index < -0.39 is 0 Å². The molecule has 2 heterocycles. The predicted molar refractivity (Wildman–Crippen MR) is 72.4 cm³/mol. The van der Waals surface area contributed by atoms with Crippen LogP contribution in [0.1, 0.15) is 25.7 Å². The average Bonchev–Trinajstić information content (AvgIpc) is 2.80. The van der Waals surface area contributed by atoms with E-state index in [0.29, 0.717) is 0 Å². The Hall–Kier alpha value is -0.770. The van der Waals surface area contributed by atoms with E-state index in [1.165, 1.54) is 38.8 Å². The van der Waals surface area contributed by atoms with Gasteiger partial charge in [-0.1, -0.05) is 6.42 Å². The molecule has 0 aromatic heterocycles. The van der Waals surface area contributed by atoms with Crippen molar-refractivity contribution in [3.8, 4) is 0 Å². The van der Waals surface area contributed by atoms with E-state index in [4.69, 9.17) is 0 Å². The summed E-state index contributed by atoms with van der Waals surface area (Å²) in [6, 6.07) is 0.756. The van der Waals surface area contributed by atoms with Crippen LogP contribution in [0.3, 0.4) is 0 Å². The molecule has 4 heteroatoms. The van der Waals surface area contributed by atoms with Gasteiger partial charge in [0.1, 0.15) is 0 Å². The Morgan fingerprint density at radius 3 is 2.41 bits per heavy atom. The van der Waals surface area contributed by atoms with E-state index in [2.05, 4.69) is 33.8 Å². The molecular formula is C13H26N4. The van der Waals surface area contributed by atoms with Crippen molar-refractivity contribution in [2.75, 3.05) is 47.3 Å². The van der Waals surface area contributed by atoms with E-state index in [1.54, 1.807) is 0 Å². The Morgan fingerprint density at radius 2 is 1.82 bits per heavy atom. The van der Waals surface area contributed by atoms with Crippen LogP contribution in [0, 0.1) is 0 Å². The molecule has 1 atom stereocenters. The second-order valence-corrected chi connectivity index (χ2v) is 5.40. The fourth-order valence-corrected chi connectivity index (χ4v) is 3.13. The highest BCUT2D eigenvalue weighted by molar-refractivity contribution is 5.79. The summed E-state index contributed by atoms with van der Waals surface area (Å²) in [6.07, 6.45) is 5.50. The van der Waals surface area contributed by atoms with Crippen LogP contribution < -0.4 is 0 Å². The van der Waals surface area contributed by atoms with Crippen molar-refractivity contribution >= 4 is 5.96 Å². The normalized spacial score (nSPS) is 27.6. The maximum atomic E-state index is 4.40. The maximum absolute atomic E-state index is 4.40. The number of nitrogens with zero attached hydrogens (tertiary/aromatic N) is 4. The molecule has 0 aromatic carbocycles. The molecule has 0 radical (unpaired) electrons. The fraction of sp³-hybridized carbons (Fsp3) is 0.923. The molecule has 0 saturated carbocycles. The predicted octanol–water partition coefficient (Wildman–Crippen LogP) is 1.09. The van der Waals surface area contributed by atoms with Crippen molar-refractivity contribution in [1.82, 2.24) is 14.7 Å². The molecule has 0 aromatic rings. The second kappa shape index (κ2) is 5.71. The Labute approximate surface area is 105 Å². The molecule has 2 aliphatic heterocycles. The number of hydrogen-bond donors (Lipinski definition) is 0. The van der Waals surface area contributed by atoms with Gasteiger partial charge in [0.15, 0.2) is 5.96 Å². The third-order valence-corrected chi connectivity index (χ3v) is 3.95. The lowest BCUT2D eigenvalue weighted by molar-refractivity contribution is 0.168. The summed E-state index contributed by atoms with van der Waals surface area (Å²) in [5.41, 5.74) is 0. The minimum absolute atomic E-state index is 0.756. The SMILES string of the molecule is CN=C(N(C)C)N1CCC(N2CCCCC2)C1. The largest absolute Gasteiger partial charge is 0.349 e. The molecule has 17 heavy (non-hydrogen) atoms. The second-order valence-electron chi connectivity index (χ2n) is 5.40. The molecule has 2 saturated heterocycles. The summed E-state index contributed by atoms with van der Waals surface area (Å²) in [5.74, 6) is 1.13. The molecule has 98 valence electrons. The van der Waals surface area contributed by atoms with E-state index in [1.807, 2.05) is 7.05 Å². The molecule has 0 amide bonds.